The van der Waals surface area contributed by atoms with Crippen molar-refractivity contribution in [3.8, 4) is 17.2 Å². The van der Waals surface area contributed by atoms with Gasteiger partial charge in [-0.15, -0.1) is 0 Å². The van der Waals surface area contributed by atoms with Crippen molar-refractivity contribution in [2.24, 2.45) is 0 Å². The number of aromatic hydroxyl groups is 1. The molecule has 33 heavy (non-hydrogen) atoms. The molecular weight excluding hydrogens is 422 g/mol. The number of phenols is 1. The predicted octanol–water partition coefficient (Wildman–Crippen LogP) is 2.98. The molecule has 0 atom stereocenters. The van der Waals surface area contributed by atoms with Crippen LogP contribution in [0.25, 0.3) is 10.9 Å². The number of nitrogen functional groups attached to an aromatic ring is 1. The second kappa shape index (κ2) is 9.52. The second-order valence-corrected chi connectivity index (χ2v) is 7.62. The summed E-state index contributed by atoms with van der Waals surface area (Å²) in [6, 6.07) is 18.9. The quantitative estimate of drug-likeness (QED) is 0.318. The van der Waals surface area contributed by atoms with Crippen LogP contribution in [0.3, 0.4) is 0 Å². The average Bonchev–Trinajstić information content (AvgIpc) is 2.82. The Bertz CT molecular complexity index is 1390. The van der Waals surface area contributed by atoms with Crippen LogP contribution in [0.1, 0.15) is 12.0 Å². The first-order valence-corrected chi connectivity index (χ1v) is 10.5. The molecule has 8 nitrogen and oxygen atoms in total. The molecule has 0 saturated carbocycles. The first-order valence-electron chi connectivity index (χ1n) is 10.5. The summed E-state index contributed by atoms with van der Waals surface area (Å²) in [6.45, 7) is 0.702. The molecule has 0 amide bonds. The molecule has 170 valence electrons. The van der Waals surface area contributed by atoms with Crippen LogP contribution in [0.15, 0.2) is 76.3 Å². The van der Waals surface area contributed by atoms with Crippen LogP contribution in [-0.2, 0) is 13.1 Å². The number of aromatic nitrogens is 2. The molecule has 0 aliphatic heterocycles. The molecule has 0 aliphatic carbocycles. The molecule has 8 heteroatoms. The number of rotatable bonds is 8. The fraction of sp³-hybridized carbons (Fsp3) is 0.200. The normalized spacial score (nSPS) is 10.9. The van der Waals surface area contributed by atoms with Crippen LogP contribution in [-0.4, -0.2) is 28.0 Å². The molecule has 0 radical (unpaired) electrons. The number of nitrogens with two attached hydrogens (primary N) is 1. The molecule has 3 aromatic carbocycles. The highest BCUT2D eigenvalue weighted by molar-refractivity contribution is 5.83. The van der Waals surface area contributed by atoms with Gasteiger partial charge >= 0.3 is 5.69 Å². The van der Waals surface area contributed by atoms with E-state index in [9.17, 15) is 14.7 Å². The van der Waals surface area contributed by atoms with Crippen molar-refractivity contribution in [2.45, 2.75) is 19.5 Å². The van der Waals surface area contributed by atoms with Gasteiger partial charge in [-0.05, 0) is 48.4 Å². The first-order chi connectivity index (χ1) is 16.0. The highest BCUT2D eigenvalue weighted by Crippen LogP contribution is 2.21. The molecule has 3 N–H and O–H groups in total. The SMILES string of the molecule is COc1ccc(Cn2c(=O)c3cccc(O)c3n(CCCOc3cccc(N)c3)c2=O)cc1. The maximum absolute atomic E-state index is 13.3. The molecule has 1 aromatic heterocycles. The Kier molecular flexibility index (Phi) is 6.35. The van der Waals surface area contributed by atoms with Gasteiger partial charge in [0.25, 0.3) is 5.56 Å². The van der Waals surface area contributed by atoms with E-state index in [1.807, 2.05) is 0 Å². The highest BCUT2D eigenvalue weighted by atomic mass is 16.5. The standard InChI is InChI=1S/C25H25N3O5/c1-32-19-11-9-17(10-12-19)16-28-24(30)21-7-3-8-22(29)23(21)27(25(28)31)13-4-14-33-20-6-2-5-18(26)15-20/h2-3,5-12,15,29H,4,13-14,16,26H2,1H3. The number of hydrogen-bond donors (Lipinski definition) is 2. The number of fused-ring (bicyclic) bond motifs is 1. The van der Waals surface area contributed by atoms with E-state index >= 15 is 0 Å². The van der Waals surface area contributed by atoms with E-state index in [-0.39, 0.29) is 29.7 Å². The van der Waals surface area contributed by atoms with Crippen molar-refractivity contribution in [1.29, 1.82) is 0 Å². The van der Waals surface area contributed by atoms with Crippen molar-refractivity contribution >= 4 is 16.6 Å². The Labute approximate surface area is 190 Å². The van der Waals surface area contributed by atoms with E-state index in [1.54, 1.807) is 67.8 Å². The summed E-state index contributed by atoms with van der Waals surface area (Å²) in [5, 5.41) is 10.7. The Morgan fingerprint density at radius 2 is 1.70 bits per heavy atom. The predicted molar refractivity (Wildman–Crippen MR) is 127 cm³/mol. The number of ether oxygens (including phenoxy) is 2. The minimum absolute atomic E-state index is 0.104. The molecule has 0 aliphatic rings. The van der Waals surface area contributed by atoms with E-state index in [1.165, 1.54) is 15.2 Å². The molecular formula is C25H25N3O5. The van der Waals surface area contributed by atoms with Crippen LogP contribution in [0.4, 0.5) is 5.69 Å². The van der Waals surface area contributed by atoms with Gasteiger partial charge in [-0.1, -0.05) is 24.3 Å². The van der Waals surface area contributed by atoms with Crippen molar-refractivity contribution < 1.29 is 14.6 Å². The third kappa shape index (κ3) is 4.69. The van der Waals surface area contributed by atoms with Gasteiger partial charge in [0.05, 0.1) is 25.6 Å². The van der Waals surface area contributed by atoms with Gasteiger partial charge in [0.2, 0.25) is 0 Å². The van der Waals surface area contributed by atoms with Gasteiger partial charge in [-0.25, -0.2) is 4.79 Å². The van der Waals surface area contributed by atoms with Gasteiger partial charge in [0, 0.05) is 18.3 Å². The minimum Gasteiger partial charge on any atom is -0.506 e. The summed E-state index contributed by atoms with van der Waals surface area (Å²) in [7, 11) is 1.57. The smallest absolute Gasteiger partial charge is 0.331 e. The number of methoxy groups -OCH3 is 1. The maximum atomic E-state index is 13.3. The minimum atomic E-state index is -0.492. The van der Waals surface area contributed by atoms with E-state index in [4.69, 9.17) is 15.2 Å². The second-order valence-electron chi connectivity index (χ2n) is 7.62. The van der Waals surface area contributed by atoms with Gasteiger partial charge in [-0.3, -0.25) is 13.9 Å². The molecule has 1 heterocycles. The zero-order chi connectivity index (χ0) is 23.4. The zero-order valence-corrected chi connectivity index (χ0v) is 18.2. The average molecular weight is 447 g/mol. The Morgan fingerprint density at radius 1 is 0.939 bits per heavy atom. The fourth-order valence-electron chi connectivity index (χ4n) is 3.74. The number of para-hydroxylation sites is 1. The van der Waals surface area contributed by atoms with Crippen molar-refractivity contribution in [3.05, 3.63) is 93.1 Å². The maximum Gasteiger partial charge on any atom is 0.331 e. The molecule has 0 fully saturated rings. The number of hydrogen-bond acceptors (Lipinski definition) is 6. The molecule has 4 aromatic rings. The van der Waals surface area contributed by atoms with Gasteiger partial charge in [0.1, 0.15) is 22.8 Å². The lowest BCUT2D eigenvalue weighted by Gasteiger charge is -2.15. The van der Waals surface area contributed by atoms with E-state index < -0.39 is 11.2 Å². The van der Waals surface area contributed by atoms with Crippen LogP contribution in [0, 0.1) is 0 Å². The lowest BCUT2D eigenvalue weighted by atomic mass is 10.2. The van der Waals surface area contributed by atoms with Crippen LogP contribution in [0.2, 0.25) is 0 Å². The Hall–Kier alpha value is -4.20. The number of benzene rings is 3. The Morgan fingerprint density at radius 3 is 2.42 bits per heavy atom. The fourth-order valence-corrected chi connectivity index (χ4v) is 3.74. The molecule has 0 spiro atoms. The number of aryl methyl sites for hydroxylation is 1. The van der Waals surface area contributed by atoms with E-state index in [2.05, 4.69) is 0 Å². The van der Waals surface area contributed by atoms with Crippen LogP contribution < -0.4 is 26.5 Å². The third-order valence-corrected chi connectivity index (χ3v) is 5.37. The summed E-state index contributed by atoms with van der Waals surface area (Å²) in [4.78, 5) is 26.4. The summed E-state index contributed by atoms with van der Waals surface area (Å²) in [6.07, 6.45) is 0.485. The number of nitrogens with zero attached hydrogens (tertiary/aromatic N) is 2. The van der Waals surface area contributed by atoms with E-state index in [0.29, 0.717) is 30.2 Å². The highest BCUT2D eigenvalue weighted by Gasteiger charge is 2.16. The third-order valence-electron chi connectivity index (χ3n) is 5.37. The van der Waals surface area contributed by atoms with Gasteiger partial charge in [-0.2, -0.15) is 0 Å². The zero-order valence-electron chi connectivity index (χ0n) is 18.2. The molecule has 0 saturated heterocycles. The summed E-state index contributed by atoms with van der Waals surface area (Å²) in [5.74, 6) is 1.21. The first kappa shape index (κ1) is 22.0. The number of anilines is 1. The largest absolute Gasteiger partial charge is 0.506 e. The molecule has 0 unspecified atom stereocenters. The summed E-state index contributed by atoms with van der Waals surface area (Å²) in [5.41, 5.74) is 6.44. The lowest BCUT2D eigenvalue weighted by Crippen LogP contribution is -2.40. The van der Waals surface area contributed by atoms with E-state index in [0.717, 1.165) is 5.56 Å². The van der Waals surface area contributed by atoms with Crippen molar-refractivity contribution in [1.82, 2.24) is 9.13 Å². The van der Waals surface area contributed by atoms with Gasteiger partial charge in [0.15, 0.2) is 0 Å². The topological polar surface area (TPSA) is 109 Å². The van der Waals surface area contributed by atoms with Crippen molar-refractivity contribution in [2.75, 3.05) is 19.5 Å². The monoisotopic (exact) mass is 447 g/mol. The lowest BCUT2D eigenvalue weighted by molar-refractivity contribution is 0.301. The van der Waals surface area contributed by atoms with Gasteiger partial charge < -0.3 is 20.3 Å². The van der Waals surface area contributed by atoms with Crippen molar-refractivity contribution in [3.63, 3.8) is 0 Å². The number of phenolic OH excluding ortho intramolecular Hbond substituents is 1. The molecule has 4 rings (SSSR count). The molecule has 0 bridgehead atoms. The van der Waals surface area contributed by atoms with Crippen LogP contribution >= 0.6 is 0 Å². The Balaban J connectivity index is 1.65. The van der Waals surface area contributed by atoms with Crippen LogP contribution in [0.5, 0.6) is 17.2 Å². The summed E-state index contributed by atoms with van der Waals surface area (Å²) < 4.78 is 13.5. The summed E-state index contributed by atoms with van der Waals surface area (Å²) >= 11 is 0.